The molecule has 1 rings (SSSR count). The SMILES string of the molecule is COC(=O)C(C)(C)Cc1nccs1. The standard InChI is InChI=1S/C9H13NO2S/c1-9(2,8(11)12-3)6-7-10-4-5-13-7/h4-5H,6H2,1-3H3. The molecular weight excluding hydrogens is 186 g/mol. The second-order valence-corrected chi connectivity index (χ2v) is 4.46. The first-order valence-corrected chi connectivity index (χ1v) is 4.91. The average Bonchev–Trinajstić information content (AvgIpc) is 2.54. The Morgan fingerprint density at radius 2 is 2.38 bits per heavy atom. The van der Waals surface area contributed by atoms with Crippen LogP contribution in [0.2, 0.25) is 0 Å². The van der Waals surface area contributed by atoms with Crippen molar-refractivity contribution < 1.29 is 9.53 Å². The highest BCUT2D eigenvalue weighted by Gasteiger charge is 2.29. The quantitative estimate of drug-likeness (QED) is 0.698. The van der Waals surface area contributed by atoms with Crippen LogP contribution in [0.15, 0.2) is 11.6 Å². The Kier molecular flexibility index (Phi) is 3.03. The van der Waals surface area contributed by atoms with Crippen molar-refractivity contribution in [3.05, 3.63) is 16.6 Å². The summed E-state index contributed by atoms with van der Waals surface area (Å²) in [5, 5.41) is 2.87. The van der Waals surface area contributed by atoms with Crippen LogP contribution in [-0.4, -0.2) is 18.1 Å². The predicted molar refractivity (Wildman–Crippen MR) is 51.6 cm³/mol. The molecule has 0 aliphatic carbocycles. The second-order valence-electron chi connectivity index (χ2n) is 3.48. The summed E-state index contributed by atoms with van der Waals surface area (Å²) >= 11 is 1.56. The van der Waals surface area contributed by atoms with Crippen LogP contribution in [0, 0.1) is 5.41 Å². The lowest BCUT2D eigenvalue weighted by Gasteiger charge is -2.19. The van der Waals surface area contributed by atoms with Crippen molar-refractivity contribution in [3.63, 3.8) is 0 Å². The van der Waals surface area contributed by atoms with Gasteiger partial charge in [0.1, 0.15) is 0 Å². The molecule has 0 aromatic carbocycles. The lowest BCUT2D eigenvalue weighted by Crippen LogP contribution is -2.27. The summed E-state index contributed by atoms with van der Waals surface area (Å²) in [5.74, 6) is -0.192. The molecule has 0 aliphatic heterocycles. The van der Waals surface area contributed by atoms with Crippen molar-refractivity contribution in [1.82, 2.24) is 4.98 Å². The van der Waals surface area contributed by atoms with E-state index in [0.717, 1.165) is 5.01 Å². The van der Waals surface area contributed by atoms with Crippen LogP contribution >= 0.6 is 11.3 Å². The molecule has 0 saturated heterocycles. The molecule has 13 heavy (non-hydrogen) atoms. The number of thiazole rings is 1. The van der Waals surface area contributed by atoms with E-state index in [0.29, 0.717) is 6.42 Å². The molecule has 4 heteroatoms. The molecule has 0 bridgehead atoms. The number of carbonyl (C=O) groups is 1. The smallest absolute Gasteiger partial charge is 0.311 e. The van der Waals surface area contributed by atoms with Gasteiger partial charge in [-0.2, -0.15) is 0 Å². The maximum absolute atomic E-state index is 11.3. The van der Waals surface area contributed by atoms with Crippen LogP contribution in [0.5, 0.6) is 0 Å². The summed E-state index contributed by atoms with van der Waals surface area (Å²) in [4.78, 5) is 15.4. The van der Waals surface area contributed by atoms with E-state index in [1.165, 1.54) is 7.11 Å². The molecule has 1 aromatic heterocycles. The van der Waals surface area contributed by atoms with Gasteiger partial charge in [0.05, 0.1) is 17.5 Å². The highest BCUT2D eigenvalue weighted by molar-refractivity contribution is 7.09. The number of ether oxygens (including phenoxy) is 1. The van der Waals surface area contributed by atoms with Crippen molar-refractivity contribution >= 4 is 17.3 Å². The van der Waals surface area contributed by atoms with Crippen molar-refractivity contribution in [3.8, 4) is 0 Å². The zero-order chi connectivity index (χ0) is 9.90. The summed E-state index contributed by atoms with van der Waals surface area (Å²) in [6.45, 7) is 3.72. The molecule has 0 saturated carbocycles. The van der Waals surface area contributed by atoms with E-state index in [2.05, 4.69) is 4.98 Å². The van der Waals surface area contributed by atoms with Gasteiger partial charge in [-0.3, -0.25) is 4.79 Å². The third-order valence-corrected chi connectivity index (χ3v) is 2.59. The Labute approximate surface area is 81.8 Å². The molecule has 0 aliphatic rings. The van der Waals surface area contributed by atoms with Crippen molar-refractivity contribution in [2.45, 2.75) is 20.3 Å². The molecule has 0 unspecified atom stereocenters. The number of nitrogens with zero attached hydrogens (tertiary/aromatic N) is 1. The Morgan fingerprint density at radius 3 is 2.85 bits per heavy atom. The molecule has 0 N–H and O–H groups in total. The van der Waals surface area contributed by atoms with Crippen molar-refractivity contribution in [1.29, 1.82) is 0 Å². The van der Waals surface area contributed by atoms with Gasteiger partial charge in [-0.1, -0.05) is 0 Å². The summed E-state index contributed by atoms with van der Waals surface area (Å²) < 4.78 is 4.70. The van der Waals surface area contributed by atoms with Crippen LogP contribution in [0.1, 0.15) is 18.9 Å². The van der Waals surface area contributed by atoms with Crippen LogP contribution in [0.4, 0.5) is 0 Å². The van der Waals surface area contributed by atoms with Gasteiger partial charge < -0.3 is 4.74 Å². The third kappa shape index (κ3) is 2.52. The van der Waals surface area contributed by atoms with Crippen LogP contribution in [-0.2, 0) is 16.0 Å². The number of esters is 1. The molecule has 0 radical (unpaired) electrons. The lowest BCUT2D eigenvalue weighted by atomic mass is 9.90. The van der Waals surface area contributed by atoms with Crippen LogP contribution in [0.25, 0.3) is 0 Å². The number of methoxy groups -OCH3 is 1. The number of hydrogen-bond donors (Lipinski definition) is 0. The fourth-order valence-electron chi connectivity index (χ4n) is 1.07. The topological polar surface area (TPSA) is 39.2 Å². The highest BCUT2D eigenvalue weighted by atomic mass is 32.1. The Balaban J connectivity index is 2.67. The monoisotopic (exact) mass is 199 g/mol. The molecule has 0 spiro atoms. The minimum atomic E-state index is -0.480. The molecule has 0 amide bonds. The maximum atomic E-state index is 11.3. The van der Waals surface area contributed by atoms with Crippen molar-refractivity contribution in [2.24, 2.45) is 5.41 Å². The normalized spacial score (nSPS) is 11.3. The van der Waals surface area contributed by atoms with Gasteiger partial charge in [-0.15, -0.1) is 11.3 Å². The molecule has 0 atom stereocenters. The fraction of sp³-hybridized carbons (Fsp3) is 0.556. The zero-order valence-electron chi connectivity index (χ0n) is 8.03. The number of rotatable bonds is 3. The minimum absolute atomic E-state index is 0.192. The summed E-state index contributed by atoms with van der Waals surface area (Å²) in [7, 11) is 1.41. The minimum Gasteiger partial charge on any atom is -0.469 e. The van der Waals surface area contributed by atoms with Gasteiger partial charge in [-0.05, 0) is 13.8 Å². The molecule has 3 nitrogen and oxygen atoms in total. The van der Waals surface area contributed by atoms with Gasteiger partial charge >= 0.3 is 5.97 Å². The van der Waals surface area contributed by atoms with E-state index in [9.17, 15) is 4.79 Å². The van der Waals surface area contributed by atoms with Gasteiger partial charge in [-0.25, -0.2) is 4.98 Å². The Morgan fingerprint density at radius 1 is 1.69 bits per heavy atom. The summed E-state index contributed by atoms with van der Waals surface area (Å²) in [6.07, 6.45) is 2.38. The van der Waals surface area contributed by atoms with Gasteiger partial charge in [0, 0.05) is 18.0 Å². The highest BCUT2D eigenvalue weighted by Crippen LogP contribution is 2.24. The first kappa shape index (κ1) is 10.2. The van der Waals surface area contributed by atoms with E-state index in [1.807, 2.05) is 19.2 Å². The maximum Gasteiger partial charge on any atom is 0.311 e. The first-order chi connectivity index (χ1) is 6.06. The average molecular weight is 199 g/mol. The number of carbonyl (C=O) groups excluding carboxylic acids is 1. The van der Waals surface area contributed by atoms with Crippen LogP contribution in [0.3, 0.4) is 0 Å². The van der Waals surface area contributed by atoms with E-state index in [-0.39, 0.29) is 5.97 Å². The second kappa shape index (κ2) is 3.87. The summed E-state index contributed by atoms with van der Waals surface area (Å²) in [5.41, 5.74) is -0.480. The van der Waals surface area contributed by atoms with E-state index in [1.54, 1.807) is 17.5 Å². The van der Waals surface area contributed by atoms with E-state index < -0.39 is 5.41 Å². The van der Waals surface area contributed by atoms with Crippen LogP contribution < -0.4 is 0 Å². The van der Waals surface area contributed by atoms with E-state index >= 15 is 0 Å². The van der Waals surface area contributed by atoms with Gasteiger partial charge in [0.2, 0.25) is 0 Å². The largest absolute Gasteiger partial charge is 0.469 e. The molecule has 0 fully saturated rings. The molecule has 1 aromatic rings. The number of aromatic nitrogens is 1. The third-order valence-electron chi connectivity index (χ3n) is 1.81. The number of hydrogen-bond acceptors (Lipinski definition) is 4. The zero-order valence-corrected chi connectivity index (χ0v) is 8.85. The first-order valence-electron chi connectivity index (χ1n) is 4.03. The van der Waals surface area contributed by atoms with E-state index in [4.69, 9.17) is 4.74 Å². The Hall–Kier alpha value is -0.900. The Bertz CT molecular complexity index is 280. The summed E-state index contributed by atoms with van der Waals surface area (Å²) in [6, 6.07) is 0. The van der Waals surface area contributed by atoms with Gasteiger partial charge in [0.15, 0.2) is 0 Å². The van der Waals surface area contributed by atoms with Crippen molar-refractivity contribution in [2.75, 3.05) is 7.11 Å². The predicted octanol–water partition coefficient (Wildman–Crippen LogP) is 1.88. The molecule has 72 valence electrons. The molecular formula is C9H13NO2S. The molecule has 1 heterocycles. The lowest BCUT2D eigenvalue weighted by molar-refractivity contribution is -0.150. The fourth-order valence-corrected chi connectivity index (χ4v) is 1.91. The van der Waals surface area contributed by atoms with Gasteiger partial charge in [0.25, 0.3) is 0 Å².